The molecular formula is C12H12N4O. The van der Waals surface area contributed by atoms with Crippen LogP contribution in [0.5, 0.6) is 5.75 Å². The monoisotopic (exact) mass is 228 g/mol. The maximum atomic E-state index is 8.91. The number of nitrogen functional groups attached to an aromatic ring is 1. The molecule has 0 aliphatic carbocycles. The fraction of sp³-hybridized carbons (Fsp3) is 0.167. The minimum absolute atomic E-state index is 0.318. The van der Waals surface area contributed by atoms with Gasteiger partial charge in [0.25, 0.3) is 0 Å². The number of aromatic nitrogens is 2. The third kappa shape index (κ3) is 2.21. The first-order chi connectivity index (χ1) is 8.24. The van der Waals surface area contributed by atoms with Gasteiger partial charge in [0.15, 0.2) is 0 Å². The van der Waals surface area contributed by atoms with E-state index >= 15 is 0 Å². The van der Waals surface area contributed by atoms with Gasteiger partial charge in [-0.05, 0) is 13.0 Å². The number of benzene rings is 1. The van der Waals surface area contributed by atoms with Crippen molar-refractivity contribution in [1.29, 1.82) is 5.26 Å². The van der Waals surface area contributed by atoms with Crippen LogP contribution >= 0.6 is 0 Å². The van der Waals surface area contributed by atoms with E-state index in [2.05, 4.69) is 4.98 Å². The quantitative estimate of drug-likeness (QED) is 0.811. The maximum absolute atomic E-state index is 8.91. The average molecular weight is 228 g/mol. The molecule has 0 amide bonds. The lowest BCUT2D eigenvalue weighted by atomic mass is 10.2. The normalized spacial score (nSPS) is 9.88. The molecule has 2 aromatic rings. The van der Waals surface area contributed by atoms with Crippen LogP contribution in [0.25, 0.3) is 5.69 Å². The third-order valence-electron chi connectivity index (χ3n) is 2.24. The van der Waals surface area contributed by atoms with E-state index in [1.54, 1.807) is 29.1 Å². The van der Waals surface area contributed by atoms with Gasteiger partial charge in [0.1, 0.15) is 11.8 Å². The smallest absolute Gasteiger partial charge is 0.217 e. The summed E-state index contributed by atoms with van der Waals surface area (Å²) in [5.41, 5.74) is 7.14. The Morgan fingerprint density at radius 2 is 2.29 bits per heavy atom. The van der Waals surface area contributed by atoms with Crippen LogP contribution in [0.15, 0.2) is 30.6 Å². The fourth-order valence-corrected chi connectivity index (χ4v) is 1.59. The van der Waals surface area contributed by atoms with Gasteiger partial charge >= 0.3 is 0 Å². The first kappa shape index (κ1) is 11.0. The maximum Gasteiger partial charge on any atom is 0.217 e. The van der Waals surface area contributed by atoms with Crippen molar-refractivity contribution in [3.05, 3.63) is 36.4 Å². The van der Waals surface area contributed by atoms with E-state index in [9.17, 15) is 0 Å². The molecule has 0 bridgehead atoms. The molecule has 0 unspecified atom stereocenters. The molecule has 2 N–H and O–H groups in total. The molecule has 0 saturated carbocycles. The first-order valence-corrected chi connectivity index (χ1v) is 5.21. The van der Waals surface area contributed by atoms with E-state index in [0.717, 1.165) is 5.69 Å². The van der Waals surface area contributed by atoms with Crippen LogP contribution in [0.2, 0.25) is 0 Å². The van der Waals surface area contributed by atoms with E-state index < -0.39 is 0 Å². The summed E-state index contributed by atoms with van der Waals surface area (Å²) in [6, 6.07) is 7.35. The molecule has 1 heterocycles. The zero-order chi connectivity index (χ0) is 12.3. The minimum atomic E-state index is 0.318. The Morgan fingerprint density at radius 1 is 1.47 bits per heavy atom. The summed E-state index contributed by atoms with van der Waals surface area (Å²) in [5.74, 6) is 0.998. The Bertz CT molecular complexity index is 568. The predicted octanol–water partition coefficient (Wildman–Crippen LogP) is 1.72. The van der Waals surface area contributed by atoms with E-state index in [1.165, 1.54) is 0 Å². The van der Waals surface area contributed by atoms with Crippen molar-refractivity contribution in [2.75, 3.05) is 12.3 Å². The highest BCUT2D eigenvalue weighted by Gasteiger charge is 2.06. The Balaban J connectivity index is 2.49. The molecular weight excluding hydrogens is 216 g/mol. The van der Waals surface area contributed by atoms with Crippen LogP contribution in [0, 0.1) is 11.3 Å². The summed E-state index contributed by atoms with van der Waals surface area (Å²) in [7, 11) is 0. The lowest BCUT2D eigenvalue weighted by Crippen LogP contribution is -2.00. The predicted molar refractivity (Wildman–Crippen MR) is 63.9 cm³/mol. The Labute approximate surface area is 99.1 Å². The Morgan fingerprint density at radius 3 is 3.00 bits per heavy atom. The molecule has 0 radical (unpaired) electrons. The number of nitrogens with zero attached hydrogens (tertiary/aromatic N) is 3. The summed E-state index contributed by atoms with van der Waals surface area (Å²) in [4.78, 5) is 3.94. The second-order valence-electron chi connectivity index (χ2n) is 3.43. The van der Waals surface area contributed by atoms with Crippen molar-refractivity contribution >= 4 is 5.69 Å². The number of nitrogens with two attached hydrogens (primary N) is 1. The highest BCUT2D eigenvalue weighted by Crippen LogP contribution is 2.22. The summed E-state index contributed by atoms with van der Waals surface area (Å²) in [6.07, 6.45) is 3.28. The number of ether oxygens (including phenoxy) is 1. The Hall–Kier alpha value is -2.48. The van der Waals surface area contributed by atoms with E-state index in [0.29, 0.717) is 23.9 Å². The van der Waals surface area contributed by atoms with Crippen LogP contribution in [0.1, 0.15) is 12.7 Å². The van der Waals surface area contributed by atoms with Crippen molar-refractivity contribution in [2.45, 2.75) is 6.92 Å². The van der Waals surface area contributed by atoms with E-state index in [4.69, 9.17) is 15.7 Å². The molecule has 5 heteroatoms. The zero-order valence-electron chi connectivity index (χ0n) is 9.42. The fourth-order valence-electron chi connectivity index (χ4n) is 1.59. The third-order valence-corrected chi connectivity index (χ3v) is 2.24. The van der Waals surface area contributed by atoms with Gasteiger partial charge in [0.2, 0.25) is 5.82 Å². The summed E-state index contributed by atoms with van der Waals surface area (Å²) in [6.45, 7) is 2.47. The van der Waals surface area contributed by atoms with Gasteiger partial charge < -0.3 is 10.5 Å². The number of nitriles is 1. The number of rotatable bonds is 3. The highest BCUT2D eigenvalue weighted by atomic mass is 16.5. The van der Waals surface area contributed by atoms with Gasteiger partial charge in [0.05, 0.1) is 12.3 Å². The average Bonchev–Trinajstić information content (AvgIpc) is 2.76. The molecule has 0 saturated heterocycles. The molecule has 5 nitrogen and oxygen atoms in total. The van der Waals surface area contributed by atoms with Gasteiger partial charge in [0, 0.05) is 30.2 Å². The lowest BCUT2D eigenvalue weighted by molar-refractivity contribution is 0.340. The van der Waals surface area contributed by atoms with Gasteiger partial charge in [-0.1, -0.05) is 0 Å². The zero-order valence-corrected chi connectivity index (χ0v) is 9.42. The number of hydrogen-bond donors (Lipinski definition) is 1. The molecule has 0 spiro atoms. The number of hydrogen-bond acceptors (Lipinski definition) is 4. The molecule has 86 valence electrons. The summed E-state index contributed by atoms with van der Waals surface area (Å²) in [5, 5.41) is 8.91. The molecule has 0 aliphatic heterocycles. The van der Waals surface area contributed by atoms with Crippen molar-refractivity contribution in [3.63, 3.8) is 0 Å². The van der Waals surface area contributed by atoms with E-state index in [1.807, 2.05) is 19.1 Å². The minimum Gasteiger partial charge on any atom is -0.494 e. The highest BCUT2D eigenvalue weighted by molar-refractivity contribution is 5.54. The summed E-state index contributed by atoms with van der Waals surface area (Å²) < 4.78 is 7.07. The SMILES string of the molecule is CCOc1cc(N)cc(-n2ccnc2C#N)c1. The van der Waals surface area contributed by atoms with E-state index in [-0.39, 0.29) is 0 Å². The first-order valence-electron chi connectivity index (χ1n) is 5.21. The largest absolute Gasteiger partial charge is 0.494 e. The van der Waals surface area contributed by atoms with Crippen LogP contribution in [0.3, 0.4) is 0 Å². The molecule has 0 aliphatic rings. The topological polar surface area (TPSA) is 76.9 Å². The van der Waals surface area contributed by atoms with Crippen LogP contribution in [-0.2, 0) is 0 Å². The second kappa shape index (κ2) is 4.58. The van der Waals surface area contributed by atoms with Crippen molar-refractivity contribution in [1.82, 2.24) is 9.55 Å². The number of anilines is 1. The van der Waals surface area contributed by atoms with Gasteiger partial charge in [-0.15, -0.1) is 0 Å². The van der Waals surface area contributed by atoms with Crippen LogP contribution in [-0.4, -0.2) is 16.2 Å². The van der Waals surface area contributed by atoms with Crippen LogP contribution < -0.4 is 10.5 Å². The Kier molecular flexibility index (Phi) is 2.97. The lowest BCUT2D eigenvalue weighted by Gasteiger charge is -2.09. The number of imidazole rings is 1. The summed E-state index contributed by atoms with van der Waals surface area (Å²) >= 11 is 0. The molecule has 1 aromatic carbocycles. The van der Waals surface area contributed by atoms with Crippen LogP contribution in [0.4, 0.5) is 5.69 Å². The van der Waals surface area contributed by atoms with Crippen molar-refractivity contribution in [3.8, 4) is 17.5 Å². The van der Waals surface area contributed by atoms with Crippen molar-refractivity contribution in [2.24, 2.45) is 0 Å². The van der Waals surface area contributed by atoms with Gasteiger partial charge in [-0.25, -0.2) is 4.98 Å². The molecule has 17 heavy (non-hydrogen) atoms. The molecule has 0 fully saturated rings. The molecule has 0 atom stereocenters. The second-order valence-corrected chi connectivity index (χ2v) is 3.43. The standard InChI is InChI=1S/C12H12N4O/c1-2-17-11-6-9(14)5-10(7-11)16-4-3-15-12(16)8-13/h3-7H,2,14H2,1H3. The van der Waals surface area contributed by atoms with Gasteiger partial charge in [-0.2, -0.15) is 5.26 Å². The molecule has 2 rings (SSSR count). The molecule has 1 aromatic heterocycles. The van der Waals surface area contributed by atoms with Gasteiger partial charge in [-0.3, -0.25) is 4.57 Å². The van der Waals surface area contributed by atoms with Crippen molar-refractivity contribution < 1.29 is 4.74 Å².